The molecule has 0 amide bonds. The molecule has 0 unspecified atom stereocenters. The van der Waals surface area contributed by atoms with E-state index in [0.717, 1.165) is 10.5 Å². The van der Waals surface area contributed by atoms with E-state index in [2.05, 4.69) is 275 Å². The SMILES string of the molecule is CC1(C)c2cc(-c3ccc4c(-c5cc(-c6ccccc6)cc(-c6ccccc6)c5)c5ccccc5c(-c5cc(-c6ccccc6)cc(-c6ccccc6)c5)c4c3)ccc2-c2ccc(-c3nc4ccccc4s3)cc21. The molecule has 0 aliphatic heterocycles. The Hall–Kier alpha value is -8.95. The highest BCUT2D eigenvalue weighted by atomic mass is 32.1. The molecule has 0 fully saturated rings. The van der Waals surface area contributed by atoms with Crippen LogP contribution in [0.2, 0.25) is 0 Å². The van der Waals surface area contributed by atoms with Crippen molar-refractivity contribution in [2.75, 3.05) is 0 Å². The normalized spacial score (nSPS) is 12.6. The minimum atomic E-state index is -0.218. The predicted octanol–water partition coefficient (Wildman–Crippen LogP) is 20.2. The van der Waals surface area contributed by atoms with E-state index in [1.165, 1.54) is 132 Å². The second-order valence-corrected chi connectivity index (χ2v) is 21.3. The van der Waals surface area contributed by atoms with Gasteiger partial charge in [0.25, 0.3) is 0 Å². The number of aromatic nitrogens is 1. The molecule has 0 spiro atoms. The van der Waals surface area contributed by atoms with E-state index in [-0.39, 0.29) is 5.41 Å². The molecule has 1 aromatic heterocycles. The second kappa shape index (κ2) is 17.7. The quantitative estimate of drug-likeness (QED) is 0.138. The molecule has 2 heteroatoms. The van der Waals surface area contributed by atoms with Crippen LogP contribution in [0.1, 0.15) is 25.0 Å². The first-order valence-electron chi connectivity index (χ1n) is 25.6. The van der Waals surface area contributed by atoms with E-state index in [4.69, 9.17) is 4.98 Å². The molecular formula is C72H49NS. The molecule has 1 aliphatic carbocycles. The van der Waals surface area contributed by atoms with Gasteiger partial charge in [0, 0.05) is 11.0 Å². The minimum Gasteiger partial charge on any atom is -0.236 e. The topological polar surface area (TPSA) is 12.9 Å². The summed E-state index contributed by atoms with van der Waals surface area (Å²) >= 11 is 1.77. The standard InChI is InChI=1S/C72H49NS/c1-72(2)65-44-51(31-34-59(65)60-35-33-52(45-66(60)72)71-73-67-29-17-18-30-68(67)74-71)50-32-36-63-64(43-50)70(58-41-55(48-23-11-5-12-24-48)38-56(42-58)49-25-13-6-14-26-49)62-28-16-15-27-61(62)69(63)57-39-53(46-19-7-3-8-20-46)37-54(40-57)47-21-9-4-10-22-47/h3-45H,1-2H3. The van der Waals surface area contributed by atoms with Gasteiger partial charge >= 0.3 is 0 Å². The van der Waals surface area contributed by atoms with Crippen LogP contribution in [0.3, 0.4) is 0 Å². The largest absolute Gasteiger partial charge is 0.236 e. The van der Waals surface area contributed by atoms with E-state index in [9.17, 15) is 0 Å². The van der Waals surface area contributed by atoms with Crippen molar-refractivity contribution in [2.45, 2.75) is 19.3 Å². The number of rotatable bonds is 8. The van der Waals surface area contributed by atoms with Gasteiger partial charge in [0.05, 0.1) is 10.2 Å². The number of hydrogen-bond donors (Lipinski definition) is 0. The predicted molar refractivity (Wildman–Crippen MR) is 316 cm³/mol. The first-order chi connectivity index (χ1) is 36.4. The summed E-state index contributed by atoms with van der Waals surface area (Å²) in [6.07, 6.45) is 0. The molecule has 1 heterocycles. The maximum Gasteiger partial charge on any atom is 0.124 e. The Morgan fingerprint density at radius 1 is 0.284 bits per heavy atom. The number of fused-ring (bicyclic) bond motifs is 6. The number of nitrogens with zero attached hydrogens (tertiary/aromatic N) is 1. The summed E-state index contributed by atoms with van der Waals surface area (Å²) < 4.78 is 1.21. The van der Waals surface area contributed by atoms with Gasteiger partial charge in [-0.3, -0.25) is 0 Å². The van der Waals surface area contributed by atoms with Crippen molar-refractivity contribution in [3.05, 3.63) is 272 Å². The van der Waals surface area contributed by atoms with Gasteiger partial charge in [-0.15, -0.1) is 11.3 Å². The number of para-hydroxylation sites is 1. The molecule has 0 N–H and O–H groups in total. The molecule has 0 bridgehead atoms. The van der Waals surface area contributed by atoms with Crippen molar-refractivity contribution in [2.24, 2.45) is 0 Å². The number of thiazole rings is 1. The number of hydrogen-bond acceptors (Lipinski definition) is 2. The maximum absolute atomic E-state index is 5.05. The lowest BCUT2D eigenvalue weighted by Crippen LogP contribution is -2.15. The highest BCUT2D eigenvalue weighted by Gasteiger charge is 2.36. The summed E-state index contributed by atoms with van der Waals surface area (Å²) in [7, 11) is 0. The highest BCUT2D eigenvalue weighted by Crippen LogP contribution is 2.52. The zero-order valence-electron chi connectivity index (χ0n) is 41.2. The van der Waals surface area contributed by atoms with Gasteiger partial charge in [0.15, 0.2) is 0 Å². The van der Waals surface area contributed by atoms with Crippen LogP contribution in [0.5, 0.6) is 0 Å². The van der Waals surface area contributed by atoms with Crippen molar-refractivity contribution < 1.29 is 0 Å². The van der Waals surface area contributed by atoms with Crippen LogP contribution in [0, 0.1) is 0 Å². The zero-order valence-corrected chi connectivity index (χ0v) is 42.0. The van der Waals surface area contributed by atoms with Gasteiger partial charge in [0.2, 0.25) is 0 Å². The van der Waals surface area contributed by atoms with E-state index >= 15 is 0 Å². The summed E-state index contributed by atoms with van der Waals surface area (Å²) in [6.45, 7) is 4.77. The monoisotopic (exact) mass is 959 g/mol. The molecule has 0 atom stereocenters. The van der Waals surface area contributed by atoms with Crippen LogP contribution < -0.4 is 0 Å². The third-order valence-corrected chi connectivity index (χ3v) is 16.5. The third-order valence-electron chi connectivity index (χ3n) is 15.4. The average Bonchev–Trinajstić information content (AvgIpc) is 4.00. The molecule has 1 aliphatic rings. The van der Waals surface area contributed by atoms with Crippen LogP contribution in [-0.4, -0.2) is 4.98 Å². The number of benzene rings is 12. The Morgan fingerprint density at radius 3 is 1.16 bits per heavy atom. The molecule has 74 heavy (non-hydrogen) atoms. The highest BCUT2D eigenvalue weighted by molar-refractivity contribution is 7.21. The molecule has 0 saturated heterocycles. The van der Waals surface area contributed by atoms with Crippen molar-refractivity contribution in [1.82, 2.24) is 4.98 Å². The van der Waals surface area contributed by atoms with Crippen LogP contribution in [-0.2, 0) is 5.41 Å². The molecule has 0 saturated carbocycles. The van der Waals surface area contributed by atoms with E-state index in [1.807, 2.05) is 0 Å². The van der Waals surface area contributed by atoms with Crippen LogP contribution >= 0.6 is 11.3 Å². The molecule has 12 aromatic carbocycles. The van der Waals surface area contributed by atoms with Crippen molar-refractivity contribution in [1.29, 1.82) is 0 Å². The Balaban J connectivity index is 1.01. The first-order valence-corrected chi connectivity index (χ1v) is 26.4. The Kier molecular flexibility index (Phi) is 10.5. The van der Waals surface area contributed by atoms with Gasteiger partial charge in [-0.2, -0.15) is 0 Å². The fourth-order valence-electron chi connectivity index (χ4n) is 11.8. The molecule has 1 nitrogen and oxygen atoms in total. The van der Waals surface area contributed by atoms with Crippen LogP contribution in [0.15, 0.2) is 261 Å². The summed E-state index contributed by atoms with van der Waals surface area (Å²) in [5, 5.41) is 5.94. The zero-order chi connectivity index (χ0) is 49.3. The van der Waals surface area contributed by atoms with E-state index in [1.54, 1.807) is 11.3 Å². The van der Waals surface area contributed by atoms with Gasteiger partial charge in [-0.1, -0.05) is 208 Å². The van der Waals surface area contributed by atoms with E-state index < -0.39 is 0 Å². The lowest BCUT2D eigenvalue weighted by Gasteiger charge is -2.23. The summed E-state index contributed by atoms with van der Waals surface area (Å²) in [6, 6.07) is 96.6. The van der Waals surface area contributed by atoms with Crippen molar-refractivity contribution in [3.8, 4) is 99.6 Å². The lowest BCUT2D eigenvalue weighted by atomic mass is 9.80. The van der Waals surface area contributed by atoms with Gasteiger partial charge in [-0.05, 0) is 188 Å². The first kappa shape index (κ1) is 43.8. The Labute approximate surface area is 436 Å². The van der Waals surface area contributed by atoms with Crippen molar-refractivity contribution >= 4 is 43.1 Å². The fourth-order valence-corrected chi connectivity index (χ4v) is 12.7. The minimum absolute atomic E-state index is 0.218. The second-order valence-electron chi connectivity index (χ2n) is 20.3. The summed E-state index contributed by atoms with van der Waals surface area (Å²) in [5.74, 6) is 0. The molecule has 14 rings (SSSR count). The molecule has 348 valence electrons. The molecule has 13 aromatic rings. The fraction of sp³-hybridized carbons (Fsp3) is 0.0417. The van der Waals surface area contributed by atoms with Crippen LogP contribution in [0.25, 0.3) is 131 Å². The average molecular weight is 960 g/mol. The van der Waals surface area contributed by atoms with Crippen molar-refractivity contribution in [3.63, 3.8) is 0 Å². The van der Waals surface area contributed by atoms with Crippen LogP contribution in [0.4, 0.5) is 0 Å². The third kappa shape index (κ3) is 7.49. The Morgan fingerprint density at radius 2 is 0.662 bits per heavy atom. The smallest absolute Gasteiger partial charge is 0.124 e. The summed E-state index contributed by atoms with van der Waals surface area (Å²) in [4.78, 5) is 5.05. The van der Waals surface area contributed by atoms with E-state index in [0.29, 0.717) is 0 Å². The molecular weight excluding hydrogens is 911 g/mol. The van der Waals surface area contributed by atoms with Gasteiger partial charge in [0.1, 0.15) is 5.01 Å². The van der Waals surface area contributed by atoms with Gasteiger partial charge < -0.3 is 0 Å². The maximum atomic E-state index is 5.05. The molecule has 0 radical (unpaired) electrons. The lowest BCUT2D eigenvalue weighted by molar-refractivity contribution is 0.661. The summed E-state index contributed by atoms with van der Waals surface area (Å²) in [5.41, 5.74) is 24.1. The van der Waals surface area contributed by atoms with Gasteiger partial charge in [-0.25, -0.2) is 4.98 Å². The Bertz CT molecular complexity index is 4150.